The Hall–Kier alpha value is -3.93. The van der Waals surface area contributed by atoms with Crippen LogP contribution in [-0.4, -0.2) is 34.3 Å². The first-order chi connectivity index (χ1) is 15.7. The fraction of sp³-hybridized carbons (Fsp3) is 0.222. The average molecular weight is 443 g/mol. The van der Waals surface area contributed by atoms with Crippen LogP contribution < -0.4 is 0 Å². The number of hydrogen-bond acceptors (Lipinski definition) is 5. The molecule has 0 aliphatic heterocycles. The molecule has 1 aromatic heterocycles. The van der Waals surface area contributed by atoms with Crippen molar-refractivity contribution in [2.24, 2.45) is 0 Å². The Morgan fingerprint density at radius 1 is 0.848 bits per heavy atom. The zero-order valence-electron chi connectivity index (χ0n) is 19.4. The van der Waals surface area contributed by atoms with Gasteiger partial charge < -0.3 is 9.47 Å². The highest BCUT2D eigenvalue weighted by molar-refractivity contribution is 6.06. The molecule has 0 saturated carbocycles. The van der Waals surface area contributed by atoms with Crippen molar-refractivity contribution >= 4 is 23.1 Å². The second kappa shape index (κ2) is 8.54. The minimum absolute atomic E-state index is 0.294. The number of ether oxygens (including phenoxy) is 2. The van der Waals surface area contributed by atoms with Gasteiger partial charge in [0.1, 0.15) is 16.9 Å². The van der Waals surface area contributed by atoms with Gasteiger partial charge in [0.15, 0.2) is 0 Å². The smallest absolute Gasteiger partial charge is 0.420 e. The van der Waals surface area contributed by atoms with Gasteiger partial charge >= 0.3 is 12.1 Å². The molecule has 0 spiro atoms. The highest BCUT2D eigenvalue weighted by Gasteiger charge is 2.25. The summed E-state index contributed by atoms with van der Waals surface area (Å²) in [5.74, 6) is -0.0856. The van der Waals surface area contributed by atoms with Crippen LogP contribution in [0.25, 0.3) is 33.3 Å². The van der Waals surface area contributed by atoms with E-state index in [1.54, 1.807) is 33.8 Å². The standard InChI is InChI=1S/C27H26N2O4/c1-17-28-24-22(25(30)32-5)15-21(16-23(24)29(17)26(31)33-27(2,3)4)20-13-11-19(12-14-20)18-9-7-6-8-10-18/h6-16H,1-5H3. The van der Waals surface area contributed by atoms with E-state index in [-0.39, 0.29) is 0 Å². The fourth-order valence-corrected chi connectivity index (χ4v) is 3.75. The normalized spacial score (nSPS) is 11.4. The summed E-state index contributed by atoms with van der Waals surface area (Å²) in [6, 6.07) is 21.7. The van der Waals surface area contributed by atoms with E-state index < -0.39 is 17.7 Å². The van der Waals surface area contributed by atoms with Crippen LogP contribution >= 0.6 is 0 Å². The maximum atomic E-state index is 12.9. The monoisotopic (exact) mass is 442 g/mol. The molecule has 0 N–H and O–H groups in total. The van der Waals surface area contributed by atoms with Crippen LogP contribution in [0.15, 0.2) is 66.7 Å². The lowest BCUT2D eigenvalue weighted by Gasteiger charge is -2.20. The number of aromatic nitrogens is 2. The van der Waals surface area contributed by atoms with E-state index in [0.29, 0.717) is 22.4 Å². The highest BCUT2D eigenvalue weighted by atomic mass is 16.6. The number of fused-ring (bicyclic) bond motifs is 1. The Kier molecular flexibility index (Phi) is 5.77. The lowest BCUT2D eigenvalue weighted by atomic mass is 9.98. The number of carbonyl (C=O) groups excluding carboxylic acids is 2. The van der Waals surface area contributed by atoms with Crippen LogP contribution in [0.2, 0.25) is 0 Å². The van der Waals surface area contributed by atoms with E-state index in [1.165, 1.54) is 11.7 Å². The quantitative estimate of drug-likeness (QED) is 0.351. The van der Waals surface area contributed by atoms with Crippen molar-refractivity contribution in [3.05, 3.63) is 78.1 Å². The Bertz CT molecular complexity index is 1330. The predicted molar refractivity (Wildman–Crippen MR) is 128 cm³/mol. The Morgan fingerprint density at radius 3 is 2.00 bits per heavy atom. The van der Waals surface area contributed by atoms with Crippen molar-refractivity contribution < 1.29 is 19.1 Å². The van der Waals surface area contributed by atoms with E-state index in [9.17, 15) is 9.59 Å². The van der Waals surface area contributed by atoms with E-state index in [0.717, 1.165) is 22.3 Å². The lowest BCUT2D eigenvalue weighted by Crippen LogP contribution is -2.27. The van der Waals surface area contributed by atoms with Crippen molar-refractivity contribution in [2.45, 2.75) is 33.3 Å². The molecule has 0 bridgehead atoms. The molecule has 0 aliphatic carbocycles. The minimum Gasteiger partial charge on any atom is -0.465 e. The van der Waals surface area contributed by atoms with Gasteiger partial charge in [-0.3, -0.25) is 0 Å². The van der Waals surface area contributed by atoms with Crippen molar-refractivity contribution in [1.82, 2.24) is 9.55 Å². The van der Waals surface area contributed by atoms with Gasteiger partial charge in [0.05, 0.1) is 18.2 Å². The molecule has 0 fully saturated rings. The first-order valence-electron chi connectivity index (χ1n) is 10.7. The average Bonchev–Trinajstić information content (AvgIpc) is 3.13. The summed E-state index contributed by atoms with van der Waals surface area (Å²) < 4.78 is 12.0. The van der Waals surface area contributed by atoms with Crippen molar-refractivity contribution in [2.75, 3.05) is 7.11 Å². The van der Waals surface area contributed by atoms with Gasteiger partial charge in [-0.15, -0.1) is 0 Å². The zero-order chi connectivity index (χ0) is 23.8. The largest absolute Gasteiger partial charge is 0.465 e. The molecule has 6 heteroatoms. The molecule has 0 aliphatic rings. The second-order valence-corrected chi connectivity index (χ2v) is 8.80. The minimum atomic E-state index is -0.670. The molecule has 0 saturated heterocycles. The first kappa shape index (κ1) is 22.3. The molecule has 0 radical (unpaired) electrons. The Labute approximate surface area is 192 Å². The maximum Gasteiger partial charge on any atom is 0.420 e. The molecule has 0 amide bonds. The molecular formula is C27H26N2O4. The molecule has 3 aromatic carbocycles. The number of benzene rings is 3. The predicted octanol–water partition coefficient (Wildman–Crippen LogP) is 6.25. The third-order valence-corrected chi connectivity index (χ3v) is 5.23. The van der Waals surface area contributed by atoms with Gasteiger partial charge in [-0.25, -0.2) is 19.1 Å². The van der Waals surface area contributed by atoms with Gasteiger partial charge in [0.25, 0.3) is 0 Å². The number of rotatable bonds is 3. The second-order valence-electron chi connectivity index (χ2n) is 8.80. The van der Waals surface area contributed by atoms with Gasteiger partial charge in [0.2, 0.25) is 0 Å². The summed E-state index contributed by atoms with van der Waals surface area (Å²) in [7, 11) is 1.33. The van der Waals surface area contributed by atoms with E-state index in [2.05, 4.69) is 17.1 Å². The van der Waals surface area contributed by atoms with Crippen molar-refractivity contribution in [3.63, 3.8) is 0 Å². The number of imidazole rings is 1. The number of esters is 1. The van der Waals surface area contributed by atoms with E-state index >= 15 is 0 Å². The number of nitrogens with zero attached hydrogens (tertiary/aromatic N) is 2. The third-order valence-electron chi connectivity index (χ3n) is 5.23. The topological polar surface area (TPSA) is 70.4 Å². The molecule has 0 atom stereocenters. The van der Waals surface area contributed by atoms with Crippen LogP contribution in [0.4, 0.5) is 4.79 Å². The summed E-state index contributed by atoms with van der Waals surface area (Å²) in [4.78, 5) is 30.0. The van der Waals surface area contributed by atoms with Crippen molar-refractivity contribution in [3.8, 4) is 22.3 Å². The van der Waals surface area contributed by atoms with E-state index in [1.807, 2.05) is 48.5 Å². The summed E-state index contributed by atoms with van der Waals surface area (Å²) in [5, 5.41) is 0. The summed E-state index contributed by atoms with van der Waals surface area (Å²) >= 11 is 0. The molecule has 4 rings (SSSR count). The van der Waals surface area contributed by atoms with Crippen LogP contribution in [0, 0.1) is 6.92 Å². The molecule has 1 heterocycles. The molecule has 168 valence electrons. The van der Waals surface area contributed by atoms with Crippen LogP contribution in [0.3, 0.4) is 0 Å². The van der Waals surface area contributed by atoms with Crippen molar-refractivity contribution in [1.29, 1.82) is 0 Å². The van der Waals surface area contributed by atoms with Gasteiger partial charge in [-0.2, -0.15) is 0 Å². The number of hydrogen-bond donors (Lipinski definition) is 0. The summed E-state index contributed by atoms with van der Waals surface area (Å²) in [6.45, 7) is 7.12. The number of aryl methyl sites for hydroxylation is 1. The summed E-state index contributed by atoms with van der Waals surface area (Å²) in [5.41, 5.74) is 4.39. The summed E-state index contributed by atoms with van der Waals surface area (Å²) in [6.07, 6.45) is -0.546. The van der Waals surface area contributed by atoms with Crippen LogP contribution in [0.1, 0.15) is 37.0 Å². The molecular weight excluding hydrogens is 416 g/mol. The lowest BCUT2D eigenvalue weighted by molar-refractivity contribution is 0.0538. The van der Waals surface area contributed by atoms with E-state index in [4.69, 9.17) is 9.47 Å². The third kappa shape index (κ3) is 4.51. The van der Waals surface area contributed by atoms with Crippen LogP contribution in [-0.2, 0) is 9.47 Å². The number of carbonyl (C=O) groups is 2. The number of methoxy groups -OCH3 is 1. The van der Waals surface area contributed by atoms with Crippen LogP contribution in [0.5, 0.6) is 0 Å². The first-order valence-corrected chi connectivity index (χ1v) is 10.7. The van der Waals surface area contributed by atoms with Gasteiger partial charge in [0, 0.05) is 0 Å². The Balaban J connectivity index is 1.86. The molecule has 6 nitrogen and oxygen atoms in total. The molecule has 4 aromatic rings. The molecule has 33 heavy (non-hydrogen) atoms. The van der Waals surface area contributed by atoms with Gasteiger partial charge in [-0.05, 0) is 62.1 Å². The van der Waals surface area contributed by atoms with Gasteiger partial charge in [-0.1, -0.05) is 54.6 Å². The zero-order valence-corrected chi connectivity index (χ0v) is 19.4. The SMILES string of the molecule is COC(=O)c1cc(-c2ccc(-c3ccccc3)cc2)cc2c1nc(C)n2C(=O)OC(C)(C)C. The highest BCUT2D eigenvalue weighted by Crippen LogP contribution is 2.31. The maximum absolute atomic E-state index is 12.9. The Morgan fingerprint density at radius 2 is 1.42 bits per heavy atom. The molecule has 0 unspecified atom stereocenters. The fourth-order valence-electron chi connectivity index (χ4n) is 3.75.